The summed E-state index contributed by atoms with van der Waals surface area (Å²) in [6.45, 7) is 2.05. The van der Waals surface area contributed by atoms with E-state index in [-0.39, 0.29) is 5.91 Å². The monoisotopic (exact) mass is 347 g/mol. The van der Waals surface area contributed by atoms with Gasteiger partial charge in [0, 0.05) is 9.75 Å². The molecule has 0 bridgehead atoms. The SMILES string of the molecule is COc1ccc(N2C(=O)C(=Cc3ccc(C)s3)SC2=S)cc1. The van der Waals surface area contributed by atoms with Crippen molar-refractivity contribution in [3.05, 3.63) is 51.1 Å². The summed E-state index contributed by atoms with van der Waals surface area (Å²) in [6, 6.07) is 11.4. The van der Waals surface area contributed by atoms with Gasteiger partial charge in [-0.15, -0.1) is 11.3 Å². The number of nitrogens with zero attached hydrogens (tertiary/aromatic N) is 1. The van der Waals surface area contributed by atoms with Gasteiger partial charge in [0.2, 0.25) is 0 Å². The van der Waals surface area contributed by atoms with E-state index in [1.807, 2.05) is 49.4 Å². The van der Waals surface area contributed by atoms with E-state index in [4.69, 9.17) is 17.0 Å². The number of hydrogen-bond donors (Lipinski definition) is 0. The van der Waals surface area contributed by atoms with Gasteiger partial charge >= 0.3 is 0 Å². The maximum Gasteiger partial charge on any atom is 0.270 e. The van der Waals surface area contributed by atoms with Crippen molar-refractivity contribution in [2.24, 2.45) is 0 Å². The molecular formula is C16H13NO2S3. The molecule has 0 N–H and O–H groups in total. The third-order valence-electron chi connectivity index (χ3n) is 3.16. The Morgan fingerprint density at radius 1 is 1.18 bits per heavy atom. The first-order chi connectivity index (χ1) is 10.6. The number of amides is 1. The molecule has 1 saturated heterocycles. The Morgan fingerprint density at radius 2 is 1.91 bits per heavy atom. The summed E-state index contributed by atoms with van der Waals surface area (Å²) in [5, 5.41) is 0. The van der Waals surface area contributed by atoms with Crippen molar-refractivity contribution >= 4 is 57.3 Å². The summed E-state index contributed by atoms with van der Waals surface area (Å²) in [6.07, 6.45) is 1.90. The van der Waals surface area contributed by atoms with E-state index in [1.165, 1.54) is 16.6 Å². The van der Waals surface area contributed by atoms with Crippen LogP contribution in [-0.4, -0.2) is 17.3 Å². The third kappa shape index (κ3) is 2.95. The van der Waals surface area contributed by atoms with Crippen molar-refractivity contribution in [2.45, 2.75) is 6.92 Å². The molecular weight excluding hydrogens is 334 g/mol. The molecule has 6 heteroatoms. The summed E-state index contributed by atoms with van der Waals surface area (Å²) in [4.78, 5) is 17.1. The van der Waals surface area contributed by atoms with Crippen molar-refractivity contribution in [1.82, 2.24) is 0 Å². The minimum Gasteiger partial charge on any atom is -0.497 e. The molecule has 1 amide bonds. The quantitative estimate of drug-likeness (QED) is 0.605. The molecule has 0 atom stereocenters. The first kappa shape index (κ1) is 15.3. The highest BCUT2D eigenvalue weighted by Gasteiger charge is 2.33. The molecule has 3 nitrogen and oxygen atoms in total. The van der Waals surface area contributed by atoms with Crippen molar-refractivity contribution in [1.29, 1.82) is 0 Å². The average Bonchev–Trinajstić information content (AvgIpc) is 3.03. The Bertz CT molecular complexity index is 762. The predicted molar refractivity (Wildman–Crippen MR) is 97.7 cm³/mol. The van der Waals surface area contributed by atoms with Crippen LogP contribution in [0.1, 0.15) is 9.75 Å². The Labute approximate surface area is 142 Å². The van der Waals surface area contributed by atoms with Gasteiger partial charge in [0.05, 0.1) is 17.7 Å². The maximum atomic E-state index is 12.6. The summed E-state index contributed by atoms with van der Waals surface area (Å²) < 4.78 is 5.69. The van der Waals surface area contributed by atoms with Crippen molar-refractivity contribution in [3.63, 3.8) is 0 Å². The fourth-order valence-electron chi connectivity index (χ4n) is 2.08. The molecule has 0 radical (unpaired) electrons. The van der Waals surface area contributed by atoms with Gasteiger partial charge in [0.1, 0.15) is 5.75 Å². The Kier molecular flexibility index (Phi) is 4.33. The summed E-state index contributed by atoms with van der Waals surface area (Å²) in [7, 11) is 1.61. The van der Waals surface area contributed by atoms with E-state index in [0.29, 0.717) is 9.23 Å². The molecule has 1 aromatic heterocycles. The lowest BCUT2D eigenvalue weighted by molar-refractivity contribution is -0.113. The minimum absolute atomic E-state index is 0.0776. The van der Waals surface area contributed by atoms with Crippen LogP contribution in [0.25, 0.3) is 6.08 Å². The highest BCUT2D eigenvalue weighted by atomic mass is 32.2. The highest BCUT2D eigenvalue weighted by molar-refractivity contribution is 8.27. The molecule has 0 unspecified atom stereocenters. The van der Waals surface area contributed by atoms with Gasteiger partial charge in [-0.3, -0.25) is 9.69 Å². The summed E-state index contributed by atoms with van der Waals surface area (Å²) >= 11 is 8.35. The van der Waals surface area contributed by atoms with E-state index in [1.54, 1.807) is 23.3 Å². The summed E-state index contributed by atoms with van der Waals surface area (Å²) in [5.74, 6) is 0.671. The van der Waals surface area contributed by atoms with E-state index < -0.39 is 0 Å². The van der Waals surface area contributed by atoms with Gasteiger partial charge in [-0.25, -0.2) is 0 Å². The number of methoxy groups -OCH3 is 1. The number of thiocarbonyl (C=S) groups is 1. The molecule has 0 saturated carbocycles. The lowest BCUT2D eigenvalue weighted by Gasteiger charge is -2.14. The molecule has 22 heavy (non-hydrogen) atoms. The van der Waals surface area contributed by atoms with Crippen molar-refractivity contribution in [2.75, 3.05) is 12.0 Å². The molecule has 2 heterocycles. The predicted octanol–water partition coefficient (Wildman–Crippen LogP) is 4.47. The standard InChI is InChI=1S/C16H13NO2S3/c1-10-3-8-13(21-10)9-14-15(18)17(16(20)22-14)11-4-6-12(19-2)7-5-11/h3-9H,1-2H3. The fourth-order valence-corrected chi connectivity index (χ4v) is 4.27. The number of carbonyl (C=O) groups is 1. The average molecular weight is 347 g/mol. The second-order valence-electron chi connectivity index (χ2n) is 4.66. The van der Waals surface area contributed by atoms with Crippen LogP contribution in [0.2, 0.25) is 0 Å². The minimum atomic E-state index is -0.0776. The van der Waals surface area contributed by atoms with Crippen LogP contribution in [0.3, 0.4) is 0 Å². The fraction of sp³-hybridized carbons (Fsp3) is 0.125. The number of benzene rings is 1. The molecule has 1 aliphatic heterocycles. The van der Waals surface area contributed by atoms with Gasteiger partial charge < -0.3 is 4.74 Å². The molecule has 0 aliphatic carbocycles. The Hall–Kier alpha value is -1.63. The van der Waals surface area contributed by atoms with Crippen LogP contribution in [0.5, 0.6) is 5.75 Å². The van der Waals surface area contributed by atoms with E-state index >= 15 is 0 Å². The third-order valence-corrected chi connectivity index (χ3v) is 5.41. The molecule has 1 fully saturated rings. The van der Waals surface area contributed by atoms with Crippen LogP contribution in [0.4, 0.5) is 5.69 Å². The second kappa shape index (κ2) is 6.24. The zero-order chi connectivity index (χ0) is 15.7. The Morgan fingerprint density at radius 3 is 2.50 bits per heavy atom. The van der Waals surface area contributed by atoms with Gasteiger partial charge in [-0.2, -0.15) is 0 Å². The molecule has 0 spiro atoms. The van der Waals surface area contributed by atoms with Crippen LogP contribution < -0.4 is 9.64 Å². The van der Waals surface area contributed by atoms with Crippen LogP contribution in [0.15, 0.2) is 41.3 Å². The van der Waals surface area contributed by atoms with Crippen molar-refractivity contribution < 1.29 is 9.53 Å². The maximum absolute atomic E-state index is 12.6. The van der Waals surface area contributed by atoms with Gasteiger partial charge in [-0.1, -0.05) is 24.0 Å². The van der Waals surface area contributed by atoms with Crippen LogP contribution in [0, 0.1) is 6.92 Å². The summed E-state index contributed by atoms with van der Waals surface area (Å²) in [5.41, 5.74) is 0.758. The highest BCUT2D eigenvalue weighted by Crippen LogP contribution is 2.37. The molecule has 3 rings (SSSR count). The van der Waals surface area contributed by atoms with Crippen LogP contribution in [-0.2, 0) is 4.79 Å². The largest absolute Gasteiger partial charge is 0.497 e. The number of carbonyl (C=O) groups excluding carboxylic acids is 1. The number of hydrogen-bond acceptors (Lipinski definition) is 5. The van der Waals surface area contributed by atoms with E-state index in [0.717, 1.165) is 16.3 Å². The van der Waals surface area contributed by atoms with Crippen molar-refractivity contribution in [3.8, 4) is 5.75 Å². The number of aryl methyl sites for hydroxylation is 1. The topological polar surface area (TPSA) is 29.5 Å². The normalized spacial score (nSPS) is 16.6. The van der Waals surface area contributed by atoms with Gasteiger partial charge in [0.15, 0.2) is 4.32 Å². The molecule has 1 aromatic carbocycles. The van der Waals surface area contributed by atoms with E-state index in [2.05, 4.69) is 0 Å². The van der Waals surface area contributed by atoms with Gasteiger partial charge in [-0.05, 0) is 49.4 Å². The van der Waals surface area contributed by atoms with Crippen LogP contribution >= 0.6 is 35.3 Å². The smallest absolute Gasteiger partial charge is 0.270 e. The Balaban J connectivity index is 1.89. The lowest BCUT2D eigenvalue weighted by Crippen LogP contribution is -2.27. The molecule has 2 aromatic rings. The number of thioether (sulfide) groups is 1. The molecule has 1 aliphatic rings. The zero-order valence-electron chi connectivity index (χ0n) is 12.0. The first-order valence-corrected chi connectivity index (χ1v) is 8.61. The number of thiophene rings is 1. The lowest BCUT2D eigenvalue weighted by atomic mass is 10.2. The molecule has 112 valence electrons. The second-order valence-corrected chi connectivity index (χ2v) is 7.66. The van der Waals surface area contributed by atoms with E-state index in [9.17, 15) is 4.79 Å². The number of anilines is 1. The van der Waals surface area contributed by atoms with Gasteiger partial charge in [0.25, 0.3) is 5.91 Å². The number of rotatable bonds is 3. The zero-order valence-corrected chi connectivity index (χ0v) is 14.5. The number of ether oxygens (including phenoxy) is 1. The first-order valence-electron chi connectivity index (χ1n) is 6.57.